The smallest absolute Gasteiger partial charge is 0.143 e. The highest BCUT2D eigenvalue weighted by atomic mass is 35.5. The Hall–Kier alpha value is -2.43. The van der Waals surface area contributed by atoms with Crippen molar-refractivity contribution in [3.63, 3.8) is 0 Å². The van der Waals surface area contributed by atoms with E-state index in [-0.39, 0.29) is 12.4 Å². The quantitative estimate of drug-likeness (QED) is 0.474. The molecule has 4 aromatic rings. The van der Waals surface area contributed by atoms with Gasteiger partial charge in [-0.05, 0) is 29.7 Å². The molecule has 0 aliphatic rings. The Bertz CT molecular complexity index is 965. The summed E-state index contributed by atoms with van der Waals surface area (Å²) in [4.78, 5) is 9.91. The maximum absolute atomic E-state index is 4.49. The first-order valence-electron chi connectivity index (χ1n) is 7.98. The van der Waals surface area contributed by atoms with E-state index < -0.39 is 0 Å². The third-order valence-electron chi connectivity index (χ3n) is 4.08. The average Bonchev–Trinajstić information content (AvgIpc) is 3.08. The van der Waals surface area contributed by atoms with E-state index >= 15 is 0 Å². The Labute approximate surface area is 157 Å². The number of aryl methyl sites for hydroxylation is 1. The zero-order valence-electron chi connectivity index (χ0n) is 13.8. The number of hydrogen-bond donors (Lipinski definition) is 1. The van der Waals surface area contributed by atoms with E-state index in [0.29, 0.717) is 0 Å². The molecule has 3 nitrogen and oxygen atoms in total. The predicted molar refractivity (Wildman–Crippen MR) is 109 cm³/mol. The first kappa shape index (κ1) is 17.4. The maximum atomic E-state index is 4.49. The number of halogens is 1. The van der Waals surface area contributed by atoms with Gasteiger partial charge in [0.2, 0.25) is 0 Å². The summed E-state index contributed by atoms with van der Waals surface area (Å²) < 4.78 is 0. The van der Waals surface area contributed by atoms with Gasteiger partial charge >= 0.3 is 0 Å². The highest BCUT2D eigenvalue weighted by Gasteiger charge is 2.13. The zero-order chi connectivity index (χ0) is 16.4. The average molecular weight is 368 g/mol. The van der Waals surface area contributed by atoms with E-state index in [2.05, 4.69) is 76.1 Å². The molecule has 0 aliphatic carbocycles. The number of rotatable bonds is 4. The molecule has 0 spiro atoms. The Balaban J connectivity index is 0.00000182. The number of benzene rings is 2. The second-order valence-corrected chi connectivity index (χ2v) is 6.45. The molecule has 2 aromatic heterocycles. The number of anilines is 2. The molecule has 0 fully saturated rings. The minimum absolute atomic E-state index is 0. The highest BCUT2D eigenvalue weighted by molar-refractivity contribution is 7.17. The highest BCUT2D eigenvalue weighted by Crippen LogP contribution is 2.37. The summed E-state index contributed by atoms with van der Waals surface area (Å²) in [6.45, 7) is 2.16. The van der Waals surface area contributed by atoms with E-state index in [1.807, 2.05) is 6.07 Å². The van der Waals surface area contributed by atoms with Crippen molar-refractivity contribution in [1.29, 1.82) is 0 Å². The van der Waals surface area contributed by atoms with Crippen molar-refractivity contribution < 1.29 is 0 Å². The summed E-state index contributed by atoms with van der Waals surface area (Å²) in [6.07, 6.45) is 2.66. The van der Waals surface area contributed by atoms with Crippen LogP contribution in [0.5, 0.6) is 0 Å². The summed E-state index contributed by atoms with van der Waals surface area (Å²) in [5, 5.41) is 6.68. The molecule has 2 heterocycles. The van der Waals surface area contributed by atoms with Crippen molar-refractivity contribution in [2.75, 3.05) is 5.32 Å². The van der Waals surface area contributed by atoms with Crippen LogP contribution in [-0.2, 0) is 6.42 Å². The number of nitrogens with one attached hydrogen (secondary N) is 1. The molecule has 0 atom stereocenters. The van der Waals surface area contributed by atoms with Gasteiger partial charge in [0.05, 0.1) is 5.39 Å². The largest absolute Gasteiger partial charge is 0.340 e. The number of hydrogen-bond acceptors (Lipinski definition) is 4. The SMILES string of the molecule is CCc1ccc(Nc2ncnc3scc(-c4ccccc4)c23)cc1.Cl. The molecule has 4 rings (SSSR count). The fourth-order valence-corrected chi connectivity index (χ4v) is 3.68. The van der Waals surface area contributed by atoms with Gasteiger partial charge in [-0.2, -0.15) is 0 Å². The fourth-order valence-electron chi connectivity index (χ4n) is 2.76. The molecule has 0 unspecified atom stereocenters. The normalized spacial score (nSPS) is 10.4. The molecule has 5 heteroatoms. The van der Waals surface area contributed by atoms with Crippen LogP contribution in [-0.4, -0.2) is 9.97 Å². The fraction of sp³-hybridized carbons (Fsp3) is 0.100. The second kappa shape index (κ2) is 7.64. The molecular weight excluding hydrogens is 350 g/mol. The Kier molecular flexibility index (Phi) is 5.31. The van der Waals surface area contributed by atoms with Crippen LogP contribution in [0.3, 0.4) is 0 Å². The monoisotopic (exact) mass is 367 g/mol. The minimum atomic E-state index is 0. The summed E-state index contributed by atoms with van der Waals surface area (Å²) in [5.74, 6) is 0.851. The van der Waals surface area contributed by atoms with Gasteiger partial charge in [0, 0.05) is 16.6 Å². The van der Waals surface area contributed by atoms with Gasteiger partial charge < -0.3 is 5.32 Å². The lowest BCUT2D eigenvalue weighted by atomic mass is 10.1. The first-order chi connectivity index (χ1) is 11.8. The summed E-state index contributed by atoms with van der Waals surface area (Å²) in [6, 6.07) is 18.9. The van der Waals surface area contributed by atoms with Crippen molar-refractivity contribution in [2.45, 2.75) is 13.3 Å². The lowest BCUT2D eigenvalue weighted by Gasteiger charge is -2.09. The zero-order valence-corrected chi connectivity index (χ0v) is 15.4. The maximum Gasteiger partial charge on any atom is 0.143 e. The van der Waals surface area contributed by atoms with Gasteiger partial charge in [-0.3, -0.25) is 0 Å². The number of nitrogens with zero attached hydrogens (tertiary/aromatic N) is 2. The van der Waals surface area contributed by atoms with Crippen LogP contribution in [0.2, 0.25) is 0 Å². The van der Waals surface area contributed by atoms with Gasteiger partial charge in [-0.15, -0.1) is 23.7 Å². The van der Waals surface area contributed by atoms with Crippen LogP contribution in [0, 0.1) is 0 Å². The van der Waals surface area contributed by atoms with E-state index in [4.69, 9.17) is 0 Å². The molecule has 126 valence electrons. The Morgan fingerprint density at radius 1 is 0.960 bits per heavy atom. The van der Waals surface area contributed by atoms with E-state index in [1.54, 1.807) is 17.7 Å². The van der Waals surface area contributed by atoms with E-state index in [0.717, 1.165) is 28.1 Å². The van der Waals surface area contributed by atoms with E-state index in [9.17, 15) is 0 Å². The van der Waals surface area contributed by atoms with Gasteiger partial charge in [0.25, 0.3) is 0 Å². The lowest BCUT2D eigenvalue weighted by molar-refractivity contribution is 1.14. The lowest BCUT2D eigenvalue weighted by Crippen LogP contribution is -1.95. The molecular formula is C20H18ClN3S. The molecule has 0 radical (unpaired) electrons. The van der Waals surface area contributed by atoms with Crippen molar-refractivity contribution in [3.8, 4) is 11.1 Å². The van der Waals surface area contributed by atoms with Gasteiger partial charge in [-0.1, -0.05) is 49.4 Å². The third kappa shape index (κ3) is 3.50. The minimum Gasteiger partial charge on any atom is -0.340 e. The van der Waals surface area contributed by atoms with E-state index in [1.165, 1.54) is 16.7 Å². The first-order valence-corrected chi connectivity index (χ1v) is 8.86. The number of aromatic nitrogens is 2. The molecule has 0 bridgehead atoms. The summed E-state index contributed by atoms with van der Waals surface area (Å²) >= 11 is 1.65. The number of fused-ring (bicyclic) bond motifs is 1. The molecule has 25 heavy (non-hydrogen) atoms. The summed E-state index contributed by atoms with van der Waals surface area (Å²) in [7, 11) is 0. The van der Waals surface area contributed by atoms with Crippen LogP contribution < -0.4 is 5.32 Å². The molecule has 0 saturated carbocycles. The molecule has 0 saturated heterocycles. The van der Waals surface area contributed by atoms with Crippen molar-refractivity contribution in [3.05, 3.63) is 71.9 Å². The molecule has 1 N–H and O–H groups in total. The topological polar surface area (TPSA) is 37.8 Å². The third-order valence-corrected chi connectivity index (χ3v) is 4.97. The second-order valence-electron chi connectivity index (χ2n) is 5.59. The molecule has 2 aromatic carbocycles. The molecule has 0 amide bonds. The van der Waals surface area contributed by atoms with Crippen LogP contribution in [0.1, 0.15) is 12.5 Å². The van der Waals surface area contributed by atoms with Gasteiger partial charge in [-0.25, -0.2) is 9.97 Å². The van der Waals surface area contributed by atoms with Crippen molar-refractivity contribution in [2.24, 2.45) is 0 Å². The molecule has 0 aliphatic heterocycles. The summed E-state index contributed by atoms with van der Waals surface area (Å²) in [5.41, 5.74) is 4.72. The Morgan fingerprint density at radius 3 is 2.44 bits per heavy atom. The van der Waals surface area contributed by atoms with Crippen molar-refractivity contribution >= 4 is 45.5 Å². The van der Waals surface area contributed by atoms with Crippen molar-refractivity contribution in [1.82, 2.24) is 9.97 Å². The number of thiophene rings is 1. The Morgan fingerprint density at radius 2 is 1.72 bits per heavy atom. The van der Waals surface area contributed by atoms with Gasteiger partial charge in [0.15, 0.2) is 0 Å². The predicted octanol–water partition coefficient (Wildman–Crippen LogP) is 6.09. The van der Waals surface area contributed by atoms with Gasteiger partial charge in [0.1, 0.15) is 17.0 Å². The van der Waals surface area contributed by atoms with Crippen LogP contribution in [0.4, 0.5) is 11.5 Å². The standard InChI is InChI=1S/C20H17N3S.ClH/c1-2-14-8-10-16(11-9-14)23-19-18-17(15-6-4-3-5-7-15)12-24-20(18)22-13-21-19;/h3-13H,2H2,1H3,(H,21,22,23);1H. The van der Waals surface area contributed by atoms with Crippen LogP contribution in [0.25, 0.3) is 21.3 Å². The van der Waals surface area contributed by atoms with Crippen LogP contribution >= 0.6 is 23.7 Å². The van der Waals surface area contributed by atoms with Crippen LogP contribution in [0.15, 0.2) is 66.3 Å².